The van der Waals surface area contributed by atoms with Crippen LogP contribution >= 0.6 is 22.9 Å². The number of aldehydes is 1. The van der Waals surface area contributed by atoms with E-state index in [9.17, 15) is 4.79 Å². The molecule has 0 aliphatic heterocycles. The lowest BCUT2D eigenvalue weighted by atomic mass is 10.1. The molecule has 0 bridgehead atoms. The van der Waals surface area contributed by atoms with E-state index in [1.54, 1.807) is 11.3 Å². The molecule has 2 aromatic rings. The van der Waals surface area contributed by atoms with Crippen molar-refractivity contribution in [2.45, 2.75) is 0 Å². The highest BCUT2D eigenvalue weighted by atomic mass is 35.5. The maximum absolute atomic E-state index is 10.7. The van der Waals surface area contributed by atoms with E-state index in [0.717, 1.165) is 22.3 Å². The maximum Gasteiger partial charge on any atom is 0.151 e. The van der Waals surface area contributed by atoms with Gasteiger partial charge in [0.05, 0.1) is 0 Å². The molecule has 70 valence electrons. The SMILES string of the molecule is O=Cc1ccsc1-c1cccc(Cl)c1. The summed E-state index contributed by atoms with van der Waals surface area (Å²) >= 11 is 7.42. The van der Waals surface area contributed by atoms with E-state index in [1.807, 2.05) is 35.7 Å². The summed E-state index contributed by atoms with van der Waals surface area (Å²) in [5, 5.41) is 2.59. The highest BCUT2D eigenvalue weighted by Gasteiger charge is 2.05. The Hall–Kier alpha value is -1.12. The van der Waals surface area contributed by atoms with Crippen molar-refractivity contribution in [3.63, 3.8) is 0 Å². The fraction of sp³-hybridized carbons (Fsp3) is 0. The van der Waals surface area contributed by atoms with E-state index in [0.29, 0.717) is 5.02 Å². The number of thiophene rings is 1. The van der Waals surface area contributed by atoms with E-state index < -0.39 is 0 Å². The Bertz CT molecular complexity index is 462. The molecule has 14 heavy (non-hydrogen) atoms. The topological polar surface area (TPSA) is 17.1 Å². The summed E-state index contributed by atoms with van der Waals surface area (Å²) < 4.78 is 0. The third-order valence-corrected chi connectivity index (χ3v) is 3.12. The Morgan fingerprint density at radius 3 is 2.86 bits per heavy atom. The lowest BCUT2D eigenvalue weighted by Crippen LogP contribution is -1.79. The number of halogens is 1. The first-order valence-electron chi connectivity index (χ1n) is 4.10. The van der Waals surface area contributed by atoms with E-state index in [-0.39, 0.29) is 0 Å². The van der Waals surface area contributed by atoms with Gasteiger partial charge in [-0.1, -0.05) is 23.7 Å². The first-order valence-corrected chi connectivity index (χ1v) is 5.35. The average Bonchev–Trinajstić information content (AvgIpc) is 2.65. The van der Waals surface area contributed by atoms with Gasteiger partial charge in [-0.2, -0.15) is 0 Å². The molecule has 0 N–H and O–H groups in total. The largest absolute Gasteiger partial charge is 0.298 e. The predicted octanol–water partition coefficient (Wildman–Crippen LogP) is 3.88. The molecular formula is C11H7ClOS. The zero-order valence-electron chi connectivity index (χ0n) is 7.24. The summed E-state index contributed by atoms with van der Waals surface area (Å²) in [5.74, 6) is 0. The Labute approximate surface area is 91.0 Å². The smallest absolute Gasteiger partial charge is 0.151 e. The van der Waals surface area contributed by atoms with Crippen molar-refractivity contribution in [2.24, 2.45) is 0 Å². The second-order valence-electron chi connectivity index (χ2n) is 2.83. The molecule has 0 saturated carbocycles. The van der Waals surface area contributed by atoms with Crippen LogP contribution in [0.4, 0.5) is 0 Å². The fourth-order valence-corrected chi connectivity index (χ4v) is 2.33. The van der Waals surface area contributed by atoms with Crippen LogP contribution in [0.1, 0.15) is 10.4 Å². The van der Waals surface area contributed by atoms with Crippen molar-refractivity contribution in [3.05, 3.63) is 46.3 Å². The van der Waals surface area contributed by atoms with Gasteiger partial charge in [0.15, 0.2) is 6.29 Å². The molecule has 0 amide bonds. The van der Waals surface area contributed by atoms with Crippen LogP contribution in [0.2, 0.25) is 5.02 Å². The molecule has 1 aromatic carbocycles. The zero-order valence-corrected chi connectivity index (χ0v) is 8.81. The van der Waals surface area contributed by atoms with Crippen molar-refractivity contribution in [1.82, 2.24) is 0 Å². The van der Waals surface area contributed by atoms with Crippen molar-refractivity contribution < 1.29 is 4.79 Å². The second-order valence-corrected chi connectivity index (χ2v) is 4.19. The van der Waals surface area contributed by atoms with Crippen molar-refractivity contribution in [2.75, 3.05) is 0 Å². The van der Waals surface area contributed by atoms with Gasteiger partial charge in [0.25, 0.3) is 0 Å². The van der Waals surface area contributed by atoms with E-state index in [2.05, 4.69) is 0 Å². The van der Waals surface area contributed by atoms with Crippen LogP contribution in [-0.2, 0) is 0 Å². The molecule has 2 rings (SSSR count). The molecular weight excluding hydrogens is 216 g/mol. The summed E-state index contributed by atoms with van der Waals surface area (Å²) in [7, 11) is 0. The monoisotopic (exact) mass is 222 g/mol. The molecule has 0 saturated heterocycles. The molecule has 0 fully saturated rings. The van der Waals surface area contributed by atoms with Crippen LogP contribution in [0.25, 0.3) is 10.4 Å². The minimum absolute atomic E-state index is 0.688. The number of benzene rings is 1. The summed E-state index contributed by atoms with van der Waals surface area (Å²) in [6, 6.07) is 9.32. The van der Waals surface area contributed by atoms with Gasteiger partial charge in [-0.05, 0) is 29.1 Å². The first kappa shape index (κ1) is 9.44. The van der Waals surface area contributed by atoms with Crippen molar-refractivity contribution >= 4 is 29.2 Å². The molecule has 0 spiro atoms. The van der Waals surface area contributed by atoms with Crippen LogP contribution in [-0.4, -0.2) is 6.29 Å². The van der Waals surface area contributed by atoms with Crippen molar-refractivity contribution in [3.8, 4) is 10.4 Å². The lowest BCUT2D eigenvalue weighted by Gasteiger charge is -1.99. The molecule has 3 heteroatoms. The molecule has 1 heterocycles. The van der Waals surface area contributed by atoms with Gasteiger partial charge in [0, 0.05) is 15.5 Å². The Morgan fingerprint density at radius 1 is 1.29 bits per heavy atom. The number of carbonyl (C=O) groups excluding carboxylic acids is 1. The standard InChI is InChI=1S/C11H7ClOS/c12-10-3-1-2-8(6-10)11-9(7-13)4-5-14-11/h1-7H. The van der Waals surface area contributed by atoms with E-state index in [1.165, 1.54) is 0 Å². The molecule has 0 radical (unpaired) electrons. The molecule has 0 aliphatic carbocycles. The molecule has 1 aromatic heterocycles. The normalized spacial score (nSPS) is 10.1. The van der Waals surface area contributed by atoms with Crippen molar-refractivity contribution in [1.29, 1.82) is 0 Å². The minimum atomic E-state index is 0.688. The third kappa shape index (κ3) is 1.72. The van der Waals surface area contributed by atoms with Crippen LogP contribution in [0.15, 0.2) is 35.7 Å². The second kappa shape index (κ2) is 3.95. The minimum Gasteiger partial charge on any atom is -0.298 e. The van der Waals surface area contributed by atoms with Gasteiger partial charge >= 0.3 is 0 Å². The highest BCUT2D eigenvalue weighted by molar-refractivity contribution is 7.14. The van der Waals surface area contributed by atoms with Crippen LogP contribution in [0.3, 0.4) is 0 Å². The zero-order chi connectivity index (χ0) is 9.97. The maximum atomic E-state index is 10.7. The van der Waals surface area contributed by atoms with Gasteiger partial charge in [0.1, 0.15) is 0 Å². The predicted molar refractivity (Wildman–Crippen MR) is 60.2 cm³/mol. The summed E-state index contributed by atoms with van der Waals surface area (Å²) in [5.41, 5.74) is 1.71. The van der Waals surface area contributed by atoms with Crippen LogP contribution < -0.4 is 0 Å². The van der Waals surface area contributed by atoms with Crippen LogP contribution in [0, 0.1) is 0 Å². The van der Waals surface area contributed by atoms with Gasteiger partial charge < -0.3 is 0 Å². The summed E-state index contributed by atoms with van der Waals surface area (Å²) in [6.07, 6.45) is 0.868. The molecule has 1 nitrogen and oxygen atoms in total. The average molecular weight is 223 g/mol. The quantitative estimate of drug-likeness (QED) is 0.705. The summed E-state index contributed by atoms with van der Waals surface area (Å²) in [4.78, 5) is 11.7. The summed E-state index contributed by atoms with van der Waals surface area (Å²) in [6.45, 7) is 0. The van der Waals surface area contributed by atoms with Gasteiger partial charge in [-0.25, -0.2) is 0 Å². The highest BCUT2D eigenvalue weighted by Crippen LogP contribution is 2.29. The van der Waals surface area contributed by atoms with Gasteiger partial charge in [-0.15, -0.1) is 11.3 Å². The first-order chi connectivity index (χ1) is 6.81. The number of hydrogen-bond acceptors (Lipinski definition) is 2. The van der Waals surface area contributed by atoms with E-state index in [4.69, 9.17) is 11.6 Å². The van der Waals surface area contributed by atoms with E-state index >= 15 is 0 Å². The molecule has 0 aliphatic rings. The fourth-order valence-electron chi connectivity index (χ4n) is 1.28. The third-order valence-electron chi connectivity index (χ3n) is 1.91. The Morgan fingerprint density at radius 2 is 2.14 bits per heavy atom. The Kier molecular flexibility index (Phi) is 2.66. The number of carbonyl (C=O) groups is 1. The lowest BCUT2D eigenvalue weighted by molar-refractivity contribution is 0.112. The molecule has 0 unspecified atom stereocenters. The number of hydrogen-bond donors (Lipinski definition) is 0. The van der Waals surface area contributed by atoms with Crippen LogP contribution in [0.5, 0.6) is 0 Å². The van der Waals surface area contributed by atoms with Gasteiger partial charge in [0.2, 0.25) is 0 Å². The molecule has 0 atom stereocenters. The Balaban J connectivity index is 2.54. The number of rotatable bonds is 2. The van der Waals surface area contributed by atoms with Gasteiger partial charge in [-0.3, -0.25) is 4.79 Å².